The zero-order valence-corrected chi connectivity index (χ0v) is 10.8. The summed E-state index contributed by atoms with van der Waals surface area (Å²) in [6.07, 6.45) is 0. The highest BCUT2D eigenvalue weighted by atomic mass is 32.1. The molecule has 1 aromatic heterocycles. The Hall–Kier alpha value is -1.88. The first-order chi connectivity index (χ1) is 8.56. The first-order valence-electron chi connectivity index (χ1n) is 5.28. The van der Waals surface area contributed by atoms with Crippen LogP contribution in [0.2, 0.25) is 0 Å². The van der Waals surface area contributed by atoms with Gasteiger partial charge in [-0.25, -0.2) is 9.18 Å². The Morgan fingerprint density at radius 2 is 2.06 bits per heavy atom. The summed E-state index contributed by atoms with van der Waals surface area (Å²) in [4.78, 5) is 12.3. The van der Waals surface area contributed by atoms with Crippen molar-refractivity contribution in [2.45, 2.75) is 6.92 Å². The minimum absolute atomic E-state index is 0.320. The second-order valence-corrected chi connectivity index (χ2v) is 4.82. The van der Waals surface area contributed by atoms with Crippen LogP contribution in [0, 0.1) is 12.7 Å². The molecular formula is C13H12FNO2S. The van der Waals surface area contributed by atoms with Crippen LogP contribution in [0.15, 0.2) is 24.3 Å². The Kier molecular flexibility index (Phi) is 3.34. The monoisotopic (exact) mass is 265 g/mol. The molecule has 0 saturated heterocycles. The fourth-order valence-electron chi connectivity index (χ4n) is 1.79. The van der Waals surface area contributed by atoms with Gasteiger partial charge in [0.2, 0.25) is 0 Å². The van der Waals surface area contributed by atoms with Gasteiger partial charge in [-0.1, -0.05) is 18.2 Å². The molecule has 0 radical (unpaired) electrons. The number of nitrogens with two attached hydrogens (primary N) is 1. The third-order valence-corrected chi connectivity index (χ3v) is 3.84. The number of hydrogen-bond acceptors (Lipinski definition) is 4. The van der Waals surface area contributed by atoms with E-state index in [9.17, 15) is 9.18 Å². The van der Waals surface area contributed by atoms with E-state index in [1.54, 1.807) is 25.1 Å². The van der Waals surface area contributed by atoms with Gasteiger partial charge in [-0.2, -0.15) is 0 Å². The molecule has 94 valence electrons. The summed E-state index contributed by atoms with van der Waals surface area (Å²) in [7, 11) is 1.29. The summed E-state index contributed by atoms with van der Waals surface area (Å²) in [5.41, 5.74) is 7.22. The van der Waals surface area contributed by atoms with Crippen molar-refractivity contribution < 1.29 is 13.9 Å². The third kappa shape index (κ3) is 1.97. The Labute approximate surface area is 108 Å². The van der Waals surface area contributed by atoms with Crippen LogP contribution >= 0.6 is 11.3 Å². The van der Waals surface area contributed by atoms with Crippen molar-refractivity contribution in [3.63, 3.8) is 0 Å². The number of ether oxygens (including phenoxy) is 1. The topological polar surface area (TPSA) is 52.3 Å². The summed E-state index contributed by atoms with van der Waals surface area (Å²) in [5, 5.41) is 0.345. The van der Waals surface area contributed by atoms with Gasteiger partial charge in [0.25, 0.3) is 0 Å². The maximum absolute atomic E-state index is 13.7. The molecular weight excluding hydrogens is 253 g/mol. The number of esters is 1. The number of rotatable bonds is 2. The molecule has 0 aliphatic heterocycles. The first-order valence-corrected chi connectivity index (χ1v) is 6.10. The summed E-state index contributed by atoms with van der Waals surface area (Å²) in [6, 6.07) is 6.40. The van der Waals surface area contributed by atoms with E-state index in [-0.39, 0.29) is 5.82 Å². The number of hydrogen-bond donors (Lipinski definition) is 1. The van der Waals surface area contributed by atoms with Crippen molar-refractivity contribution >= 4 is 22.3 Å². The summed E-state index contributed by atoms with van der Waals surface area (Å²) in [6.45, 7) is 1.74. The SMILES string of the molecule is COC(=O)c1c(N)sc(-c2ccccc2F)c1C. The number of benzene rings is 1. The van der Waals surface area contributed by atoms with Crippen LogP contribution in [-0.4, -0.2) is 13.1 Å². The average molecular weight is 265 g/mol. The van der Waals surface area contributed by atoms with Crippen molar-refractivity contribution in [1.29, 1.82) is 0 Å². The van der Waals surface area contributed by atoms with E-state index in [2.05, 4.69) is 4.74 Å². The molecule has 5 heteroatoms. The van der Waals surface area contributed by atoms with Gasteiger partial charge >= 0.3 is 5.97 Å². The second-order valence-electron chi connectivity index (χ2n) is 3.77. The fraction of sp³-hybridized carbons (Fsp3) is 0.154. The molecule has 2 aromatic rings. The van der Waals surface area contributed by atoms with Gasteiger partial charge in [0.05, 0.1) is 12.7 Å². The van der Waals surface area contributed by atoms with Gasteiger partial charge in [0, 0.05) is 10.4 Å². The lowest BCUT2D eigenvalue weighted by Crippen LogP contribution is -2.04. The normalized spacial score (nSPS) is 10.4. The molecule has 0 bridgehead atoms. The second kappa shape index (κ2) is 4.78. The van der Waals surface area contributed by atoms with Crippen LogP contribution in [-0.2, 0) is 4.74 Å². The summed E-state index contributed by atoms with van der Waals surface area (Å²) >= 11 is 1.19. The van der Waals surface area contributed by atoms with Crippen LogP contribution in [0.4, 0.5) is 9.39 Å². The number of nitrogen functional groups attached to an aromatic ring is 1. The minimum atomic E-state index is -0.496. The Morgan fingerprint density at radius 1 is 1.39 bits per heavy atom. The van der Waals surface area contributed by atoms with E-state index in [1.165, 1.54) is 24.5 Å². The predicted octanol–water partition coefficient (Wildman–Crippen LogP) is 3.23. The number of thiophene rings is 1. The van der Waals surface area contributed by atoms with Gasteiger partial charge in [-0.3, -0.25) is 0 Å². The molecule has 1 heterocycles. The van der Waals surface area contributed by atoms with Crippen molar-refractivity contribution in [2.24, 2.45) is 0 Å². The first kappa shape index (κ1) is 12.6. The van der Waals surface area contributed by atoms with Crippen LogP contribution in [0.25, 0.3) is 10.4 Å². The maximum atomic E-state index is 13.7. The highest BCUT2D eigenvalue weighted by Crippen LogP contribution is 2.39. The molecule has 18 heavy (non-hydrogen) atoms. The number of methoxy groups -OCH3 is 1. The molecule has 0 aliphatic rings. The molecule has 0 atom stereocenters. The van der Waals surface area contributed by atoms with Crippen LogP contribution in [0.3, 0.4) is 0 Å². The van der Waals surface area contributed by atoms with E-state index in [0.29, 0.717) is 26.6 Å². The summed E-state index contributed by atoms with van der Waals surface area (Å²) in [5.74, 6) is -0.831. The lowest BCUT2D eigenvalue weighted by molar-refractivity contribution is 0.0601. The Bertz CT molecular complexity index is 607. The standard InChI is InChI=1S/C13H12FNO2S/c1-7-10(13(16)17-2)12(15)18-11(7)8-5-3-4-6-9(8)14/h3-6H,15H2,1-2H3. The molecule has 0 saturated carbocycles. The number of carbonyl (C=O) groups excluding carboxylic acids is 1. The molecule has 0 spiro atoms. The highest BCUT2D eigenvalue weighted by molar-refractivity contribution is 7.19. The highest BCUT2D eigenvalue weighted by Gasteiger charge is 2.21. The van der Waals surface area contributed by atoms with Crippen LogP contribution < -0.4 is 5.73 Å². The predicted molar refractivity (Wildman–Crippen MR) is 70.2 cm³/mol. The van der Waals surface area contributed by atoms with E-state index in [1.807, 2.05) is 0 Å². The quantitative estimate of drug-likeness (QED) is 0.848. The third-order valence-electron chi connectivity index (χ3n) is 2.68. The smallest absolute Gasteiger partial charge is 0.341 e. The molecule has 0 amide bonds. The molecule has 2 N–H and O–H groups in total. The number of halogens is 1. The lowest BCUT2D eigenvalue weighted by atomic mass is 10.1. The van der Waals surface area contributed by atoms with Gasteiger partial charge in [-0.05, 0) is 18.6 Å². The number of anilines is 1. The van der Waals surface area contributed by atoms with Crippen molar-refractivity contribution in [1.82, 2.24) is 0 Å². The fourth-order valence-corrected chi connectivity index (χ4v) is 2.88. The number of carbonyl (C=O) groups is 1. The zero-order chi connectivity index (χ0) is 13.3. The Balaban J connectivity index is 2.62. The van der Waals surface area contributed by atoms with Crippen molar-refractivity contribution in [3.8, 4) is 10.4 Å². The van der Waals surface area contributed by atoms with Gasteiger partial charge in [-0.15, -0.1) is 11.3 Å². The van der Waals surface area contributed by atoms with E-state index >= 15 is 0 Å². The van der Waals surface area contributed by atoms with E-state index in [4.69, 9.17) is 5.73 Å². The van der Waals surface area contributed by atoms with E-state index < -0.39 is 5.97 Å². The molecule has 0 unspecified atom stereocenters. The molecule has 0 aliphatic carbocycles. The van der Waals surface area contributed by atoms with Crippen LogP contribution in [0.1, 0.15) is 15.9 Å². The van der Waals surface area contributed by atoms with Gasteiger partial charge < -0.3 is 10.5 Å². The minimum Gasteiger partial charge on any atom is -0.465 e. The van der Waals surface area contributed by atoms with E-state index in [0.717, 1.165) is 0 Å². The molecule has 3 nitrogen and oxygen atoms in total. The zero-order valence-electron chi connectivity index (χ0n) is 9.99. The molecule has 0 fully saturated rings. The Morgan fingerprint density at radius 3 is 2.67 bits per heavy atom. The molecule has 1 aromatic carbocycles. The van der Waals surface area contributed by atoms with Crippen molar-refractivity contribution in [3.05, 3.63) is 41.2 Å². The van der Waals surface area contributed by atoms with Gasteiger partial charge in [0.1, 0.15) is 10.8 Å². The lowest BCUT2D eigenvalue weighted by Gasteiger charge is -2.02. The van der Waals surface area contributed by atoms with Crippen molar-refractivity contribution in [2.75, 3.05) is 12.8 Å². The van der Waals surface area contributed by atoms with Gasteiger partial charge in [0.15, 0.2) is 0 Å². The van der Waals surface area contributed by atoms with Crippen LogP contribution in [0.5, 0.6) is 0 Å². The molecule has 2 rings (SSSR count). The largest absolute Gasteiger partial charge is 0.465 e. The maximum Gasteiger partial charge on any atom is 0.341 e. The summed E-state index contributed by atoms with van der Waals surface area (Å²) < 4.78 is 18.4. The average Bonchev–Trinajstić information content (AvgIpc) is 2.65.